The molecule has 1 fully saturated rings. The molecule has 9 nitrogen and oxygen atoms in total. The highest BCUT2D eigenvalue weighted by atomic mass is 19.4. The molecule has 2 aromatic heterocycles. The number of hydrogen-bond donors (Lipinski definition) is 3. The van der Waals surface area contributed by atoms with Crippen LogP contribution in [0.5, 0.6) is 0 Å². The highest BCUT2D eigenvalue weighted by molar-refractivity contribution is 6.00. The van der Waals surface area contributed by atoms with Gasteiger partial charge in [-0.3, -0.25) is 9.59 Å². The Balaban J connectivity index is 1.81. The fraction of sp³-hybridized carbons (Fsp3) is 0.571. The fourth-order valence-corrected chi connectivity index (χ4v) is 4.49. The number of hydrogen-bond acceptors (Lipinski definition) is 7. The second-order valence-electron chi connectivity index (χ2n) is 9.47. The normalized spacial score (nSPS) is 22.7. The summed E-state index contributed by atoms with van der Waals surface area (Å²) in [5.74, 6) is -1.55. The first-order valence-electron chi connectivity index (χ1n) is 10.7. The van der Waals surface area contributed by atoms with Gasteiger partial charge in [-0.05, 0) is 37.5 Å². The number of halogens is 3. The number of alkyl halides is 3. The van der Waals surface area contributed by atoms with Crippen LogP contribution in [0.25, 0.3) is 5.95 Å². The number of aromatic nitrogens is 4. The number of primary amides is 1. The zero-order valence-corrected chi connectivity index (χ0v) is 18.2. The minimum Gasteiger partial charge on any atom is -0.393 e. The third kappa shape index (κ3) is 4.56. The molecule has 12 heteroatoms. The molecule has 0 unspecified atom stereocenters. The van der Waals surface area contributed by atoms with Gasteiger partial charge in [0.1, 0.15) is 5.82 Å². The highest BCUT2D eigenvalue weighted by Crippen LogP contribution is 2.41. The Kier molecular flexibility index (Phi) is 5.67. The fourth-order valence-electron chi connectivity index (χ4n) is 4.49. The predicted molar refractivity (Wildman–Crippen MR) is 111 cm³/mol. The number of anilines is 1. The van der Waals surface area contributed by atoms with E-state index in [1.54, 1.807) is 13.8 Å². The largest absolute Gasteiger partial charge is 0.435 e. The molecule has 2 heterocycles. The molecule has 0 radical (unpaired) electrons. The number of Topliss-reactive ketones (excluding diaryl/α,β-unsaturated/α-hetero) is 1. The third-order valence-electron chi connectivity index (χ3n) is 6.08. The van der Waals surface area contributed by atoms with Crippen molar-refractivity contribution in [3.63, 3.8) is 0 Å². The molecule has 0 spiro atoms. The maximum Gasteiger partial charge on any atom is 0.435 e. The Morgan fingerprint density at radius 3 is 2.52 bits per heavy atom. The van der Waals surface area contributed by atoms with Crippen LogP contribution in [-0.4, -0.2) is 48.7 Å². The van der Waals surface area contributed by atoms with Crippen LogP contribution in [0.4, 0.5) is 19.0 Å². The van der Waals surface area contributed by atoms with E-state index in [9.17, 15) is 27.9 Å². The van der Waals surface area contributed by atoms with E-state index in [2.05, 4.69) is 20.4 Å². The number of nitrogens with two attached hydrogens (primary N) is 1. The lowest BCUT2D eigenvalue weighted by Crippen LogP contribution is -2.30. The molecule has 2 aliphatic rings. The zero-order chi connectivity index (χ0) is 24.1. The minimum absolute atomic E-state index is 0.0154. The van der Waals surface area contributed by atoms with Crippen LogP contribution < -0.4 is 11.1 Å². The summed E-state index contributed by atoms with van der Waals surface area (Å²) in [5.41, 5.74) is 3.22. The number of ketones is 1. The SMILES string of the molecule is CC1(C)CC(=O)c2c(C(F)(F)F)nn(-c3ncc(C(N)=O)c(NC4CCC(O)CC4)n3)c2C1. The molecule has 33 heavy (non-hydrogen) atoms. The van der Waals surface area contributed by atoms with Crippen LogP contribution in [0.15, 0.2) is 6.20 Å². The number of amides is 1. The molecule has 1 saturated carbocycles. The van der Waals surface area contributed by atoms with E-state index in [0.29, 0.717) is 25.7 Å². The van der Waals surface area contributed by atoms with E-state index in [4.69, 9.17) is 5.73 Å². The number of aliphatic hydroxyl groups excluding tert-OH is 1. The molecule has 0 bridgehead atoms. The van der Waals surface area contributed by atoms with Crippen molar-refractivity contribution >= 4 is 17.5 Å². The van der Waals surface area contributed by atoms with Gasteiger partial charge in [-0.1, -0.05) is 13.8 Å². The number of fused-ring (bicyclic) bond motifs is 1. The summed E-state index contributed by atoms with van der Waals surface area (Å²) in [5, 5.41) is 16.5. The predicted octanol–water partition coefficient (Wildman–Crippen LogP) is 2.65. The number of nitrogens with one attached hydrogen (secondary N) is 1. The van der Waals surface area contributed by atoms with E-state index >= 15 is 0 Å². The van der Waals surface area contributed by atoms with Crippen molar-refractivity contribution in [1.82, 2.24) is 19.7 Å². The highest BCUT2D eigenvalue weighted by Gasteiger charge is 2.45. The van der Waals surface area contributed by atoms with E-state index in [0.717, 1.165) is 10.9 Å². The zero-order valence-electron chi connectivity index (χ0n) is 18.2. The summed E-state index contributed by atoms with van der Waals surface area (Å²) in [6.07, 6.45) is -1.56. The van der Waals surface area contributed by atoms with Crippen LogP contribution in [-0.2, 0) is 12.6 Å². The Bertz CT molecular complexity index is 1100. The quantitative estimate of drug-likeness (QED) is 0.630. The van der Waals surface area contributed by atoms with Crippen LogP contribution in [0.1, 0.15) is 78.1 Å². The van der Waals surface area contributed by atoms with Gasteiger partial charge in [-0.15, -0.1) is 0 Å². The molecule has 1 amide bonds. The molecule has 0 saturated heterocycles. The topological polar surface area (TPSA) is 136 Å². The summed E-state index contributed by atoms with van der Waals surface area (Å²) >= 11 is 0. The van der Waals surface area contributed by atoms with Gasteiger partial charge < -0.3 is 16.2 Å². The Morgan fingerprint density at radius 2 is 1.91 bits per heavy atom. The molecule has 4 N–H and O–H groups in total. The molecule has 0 aromatic carbocycles. The lowest BCUT2D eigenvalue weighted by Gasteiger charge is -2.29. The average Bonchev–Trinajstić information content (AvgIpc) is 3.08. The number of nitrogens with zero attached hydrogens (tertiary/aromatic N) is 4. The van der Waals surface area contributed by atoms with Crippen molar-refractivity contribution in [2.45, 2.75) is 70.7 Å². The second kappa shape index (κ2) is 8.08. The lowest BCUT2D eigenvalue weighted by atomic mass is 9.75. The smallest absolute Gasteiger partial charge is 0.393 e. The standard InChI is InChI=1S/C21H25F3N6O3/c1-20(2)7-13-15(14(32)8-20)16(21(22,23)24)29-30(13)19-26-9-12(17(25)33)18(28-19)27-10-3-5-11(31)6-4-10/h9-11,31H,3-8H2,1-2H3,(H2,25,33)(H,26,27,28). The molecule has 0 aliphatic heterocycles. The summed E-state index contributed by atoms with van der Waals surface area (Å²) in [4.78, 5) is 32.9. The van der Waals surface area contributed by atoms with Gasteiger partial charge in [0.25, 0.3) is 11.9 Å². The monoisotopic (exact) mass is 466 g/mol. The average molecular weight is 466 g/mol. The van der Waals surface area contributed by atoms with Gasteiger partial charge in [0.2, 0.25) is 0 Å². The van der Waals surface area contributed by atoms with Crippen molar-refractivity contribution in [2.75, 3.05) is 5.32 Å². The summed E-state index contributed by atoms with van der Waals surface area (Å²) in [7, 11) is 0. The first kappa shape index (κ1) is 23.1. The number of rotatable bonds is 4. The van der Waals surface area contributed by atoms with E-state index in [-0.39, 0.29) is 41.9 Å². The van der Waals surface area contributed by atoms with Crippen molar-refractivity contribution in [3.05, 3.63) is 28.7 Å². The third-order valence-corrected chi connectivity index (χ3v) is 6.08. The van der Waals surface area contributed by atoms with Crippen LogP contribution in [0.2, 0.25) is 0 Å². The minimum atomic E-state index is -4.83. The number of carbonyl (C=O) groups is 2. The van der Waals surface area contributed by atoms with Gasteiger partial charge >= 0.3 is 6.18 Å². The molecule has 4 rings (SSSR count). The maximum absolute atomic E-state index is 13.7. The van der Waals surface area contributed by atoms with Crippen LogP contribution >= 0.6 is 0 Å². The summed E-state index contributed by atoms with van der Waals surface area (Å²) < 4.78 is 42.0. The lowest BCUT2D eigenvalue weighted by molar-refractivity contribution is -0.141. The molecule has 0 atom stereocenters. The number of aliphatic hydroxyl groups is 1. The molecule has 178 valence electrons. The van der Waals surface area contributed by atoms with Crippen LogP contribution in [0.3, 0.4) is 0 Å². The Labute approximate surface area is 187 Å². The van der Waals surface area contributed by atoms with E-state index in [1.165, 1.54) is 0 Å². The van der Waals surface area contributed by atoms with Crippen molar-refractivity contribution in [2.24, 2.45) is 11.1 Å². The molecular weight excluding hydrogens is 441 g/mol. The van der Waals surface area contributed by atoms with Gasteiger partial charge in [0, 0.05) is 18.7 Å². The Hall–Kier alpha value is -3.02. The van der Waals surface area contributed by atoms with Gasteiger partial charge in [0.15, 0.2) is 11.5 Å². The summed E-state index contributed by atoms with van der Waals surface area (Å²) in [6.45, 7) is 3.58. The van der Waals surface area contributed by atoms with E-state index < -0.39 is 40.6 Å². The first-order chi connectivity index (χ1) is 15.4. The van der Waals surface area contributed by atoms with Gasteiger partial charge in [-0.25, -0.2) is 9.67 Å². The van der Waals surface area contributed by atoms with Crippen molar-refractivity contribution in [1.29, 1.82) is 0 Å². The maximum atomic E-state index is 13.7. The molecule has 2 aromatic rings. The Morgan fingerprint density at radius 1 is 1.24 bits per heavy atom. The van der Waals surface area contributed by atoms with Crippen molar-refractivity contribution in [3.8, 4) is 5.95 Å². The second-order valence-corrected chi connectivity index (χ2v) is 9.47. The van der Waals surface area contributed by atoms with Gasteiger partial charge in [0.05, 0.1) is 22.9 Å². The van der Waals surface area contributed by atoms with Crippen molar-refractivity contribution < 1.29 is 27.9 Å². The number of carbonyl (C=O) groups excluding carboxylic acids is 2. The molecular formula is C21H25F3N6O3. The van der Waals surface area contributed by atoms with Crippen LogP contribution in [0, 0.1) is 5.41 Å². The first-order valence-corrected chi connectivity index (χ1v) is 10.7. The van der Waals surface area contributed by atoms with Gasteiger partial charge in [-0.2, -0.15) is 23.3 Å². The van der Waals surface area contributed by atoms with E-state index in [1.807, 2.05) is 0 Å². The summed E-state index contributed by atoms with van der Waals surface area (Å²) in [6, 6.07) is -0.105. The molecule has 2 aliphatic carbocycles.